The highest BCUT2D eigenvalue weighted by molar-refractivity contribution is 7.41. The van der Waals surface area contributed by atoms with Crippen LogP contribution < -0.4 is 0 Å². The molecule has 0 aliphatic rings. The molecule has 0 fully saturated rings. The van der Waals surface area contributed by atoms with Crippen molar-refractivity contribution < 1.29 is 13.6 Å². The van der Waals surface area contributed by atoms with Crippen molar-refractivity contribution in [3.63, 3.8) is 0 Å². The maximum atomic E-state index is 6.09. The Morgan fingerprint density at radius 2 is 1.17 bits per heavy atom. The van der Waals surface area contributed by atoms with E-state index in [1.54, 1.807) is 0 Å². The van der Waals surface area contributed by atoms with Gasteiger partial charge in [-0.05, 0) is 45.4 Å². The van der Waals surface area contributed by atoms with E-state index in [1.165, 1.54) is 38.5 Å². The average molecular weight is 363 g/mol. The summed E-state index contributed by atoms with van der Waals surface area (Å²) in [7, 11) is -1.26. The standard InChI is InChI=1S/C20H43O3P/c1-8-12-14-18(10-3)16-21-24(23-20(5,6)7)22-17-19(11-4)15-13-9-2/h18-19H,8-17H2,1-7H3. The lowest BCUT2D eigenvalue weighted by Gasteiger charge is -2.28. The second-order valence-corrected chi connectivity index (χ2v) is 9.00. The highest BCUT2D eigenvalue weighted by Crippen LogP contribution is 2.45. The lowest BCUT2D eigenvalue weighted by molar-refractivity contribution is 0.0603. The zero-order valence-corrected chi connectivity index (χ0v) is 18.3. The summed E-state index contributed by atoms with van der Waals surface area (Å²) in [5, 5.41) is 0. The molecule has 0 aromatic heterocycles. The van der Waals surface area contributed by atoms with E-state index in [9.17, 15) is 0 Å². The average Bonchev–Trinajstić information content (AvgIpc) is 2.53. The zero-order chi connectivity index (χ0) is 18.4. The summed E-state index contributed by atoms with van der Waals surface area (Å²) >= 11 is 0. The van der Waals surface area contributed by atoms with Crippen LogP contribution >= 0.6 is 8.60 Å². The van der Waals surface area contributed by atoms with Gasteiger partial charge in [0.15, 0.2) is 0 Å². The highest BCUT2D eigenvalue weighted by Gasteiger charge is 2.24. The van der Waals surface area contributed by atoms with E-state index in [-0.39, 0.29) is 5.60 Å². The largest absolute Gasteiger partial charge is 0.333 e. The van der Waals surface area contributed by atoms with Crippen molar-refractivity contribution >= 4 is 8.60 Å². The molecule has 2 unspecified atom stereocenters. The third kappa shape index (κ3) is 13.6. The Labute approximate surface area is 153 Å². The summed E-state index contributed by atoms with van der Waals surface area (Å²) < 4.78 is 18.2. The molecule has 0 saturated heterocycles. The fourth-order valence-corrected chi connectivity index (χ4v) is 3.73. The van der Waals surface area contributed by atoms with Crippen LogP contribution in [-0.4, -0.2) is 18.8 Å². The topological polar surface area (TPSA) is 27.7 Å². The molecule has 0 aliphatic carbocycles. The molecule has 4 heteroatoms. The molecule has 0 aliphatic heterocycles. The smallest absolute Gasteiger partial charge is 0.312 e. The SMILES string of the molecule is CCCCC(CC)COP(OCC(CC)CCCC)OC(C)(C)C. The molecule has 0 spiro atoms. The molecule has 0 aromatic rings. The van der Waals surface area contributed by atoms with Gasteiger partial charge in [0.05, 0.1) is 18.8 Å². The van der Waals surface area contributed by atoms with Crippen LogP contribution in [-0.2, 0) is 13.6 Å². The van der Waals surface area contributed by atoms with Crippen molar-refractivity contribution in [3.05, 3.63) is 0 Å². The second-order valence-electron chi connectivity index (χ2n) is 7.85. The van der Waals surface area contributed by atoms with Gasteiger partial charge in [0, 0.05) is 0 Å². The molecule has 2 atom stereocenters. The van der Waals surface area contributed by atoms with Crippen LogP contribution in [0.1, 0.15) is 99.8 Å². The third-order valence-corrected chi connectivity index (χ3v) is 5.68. The Morgan fingerprint density at radius 1 is 0.750 bits per heavy atom. The van der Waals surface area contributed by atoms with Crippen LogP contribution in [0.25, 0.3) is 0 Å². The lowest BCUT2D eigenvalue weighted by Crippen LogP contribution is -2.19. The highest BCUT2D eigenvalue weighted by atomic mass is 31.2. The van der Waals surface area contributed by atoms with Crippen molar-refractivity contribution in [2.45, 2.75) is 105 Å². The molecular formula is C20H43O3P. The van der Waals surface area contributed by atoms with E-state index in [4.69, 9.17) is 13.6 Å². The van der Waals surface area contributed by atoms with Crippen molar-refractivity contribution in [1.29, 1.82) is 0 Å². The fourth-order valence-electron chi connectivity index (χ4n) is 2.44. The molecular weight excluding hydrogens is 319 g/mol. The minimum Gasteiger partial charge on any atom is -0.312 e. The van der Waals surface area contributed by atoms with Crippen LogP contribution in [0, 0.1) is 11.8 Å². The predicted octanol–water partition coefficient (Wildman–Crippen LogP) is 7.49. The Balaban J connectivity index is 4.45. The van der Waals surface area contributed by atoms with Gasteiger partial charge in [0.25, 0.3) is 0 Å². The summed E-state index contributed by atoms with van der Waals surface area (Å²) in [6.07, 6.45) is 9.83. The number of rotatable bonds is 15. The van der Waals surface area contributed by atoms with E-state index in [0.29, 0.717) is 11.8 Å². The first kappa shape index (κ1) is 24.3. The molecule has 0 rings (SSSR count). The minimum absolute atomic E-state index is 0.234. The molecule has 24 heavy (non-hydrogen) atoms. The van der Waals surface area contributed by atoms with Crippen molar-refractivity contribution in [3.8, 4) is 0 Å². The van der Waals surface area contributed by atoms with E-state index < -0.39 is 8.60 Å². The first-order valence-corrected chi connectivity index (χ1v) is 11.2. The van der Waals surface area contributed by atoms with Crippen LogP contribution in [0.4, 0.5) is 0 Å². The summed E-state index contributed by atoms with van der Waals surface area (Å²) in [5.41, 5.74) is -0.234. The normalized spacial score (nSPS) is 16.1. The Morgan fingerprint density at radius 3 is 1.46 bits per heavy atom. The van der Waals surface area contributed by atoms with Gasteiger partial charge in [0.1, 0.15) is 0 Å². The minimum atomic E-state index is -1.26. The molecule has 0 radical (unpaired) electrons. The quantitative estimate of drug-likeness (QED) is 0.282. The van der Waals surface area contributed by atoms with Crippen molar-refractivity contribution in [2.24, 2.45) is 11.8 Å². The molecule has 146 valence electrons. The van der Waals surface area contributed by atoms with Crippen molar-refractivity contribution in [2.75, 3.05) is 13.2 Å². The second kappa shape index (κ2) is 14.5. The van der Waals surface area contributed by atoms with E-state index in [0.717, 1.165) is 26.1 Å². The third-order valence-electron chi connectivity index (χ3n) is 4.27. The number of hydrogen-bond donors (Lipinski definition) is 0. The van der Waals surface area contributed by atoms with E-state index >= 15 is 0 Å². The summed E-state index contributed by atoms with van der Waals surface area (Å²) in [6.45, 7) is 16.7. The zero-order valence-electron chi connectivity index (χ0n) is 17.4. The van der Waals surface area contributed by atoms with Crippen LogP contribution in [0.2, 0.25) is 0 Å². The van der Waals surface area contributed by atoms with Gasteiger partial charge in [-0.15, -0.1) is 0 Å². The Hall–Kier alpha value is 0.310. The predicted molar refractivity (Wildman–Crippen MR) is 106 cm³/mol. The molecule has 0 heterocycles. The summed E-state index contributed by atoms with van der Waals surface area (Å²) in [4.78, 5) is 0. The van der Waals surface area contributed by atoms with E-state index in [2.05, 4.69) is 48.5 Å². The summed E-state index contributed by atoms with van der Waals surface area (Å²) in [6, 6.07) is 0. The molecule has 0 saturated carbocycles. The maximum absolute atomic E-state index is 6.09. The number of unbranched alkanes of at least 4 members (excludes halogenated alkanes) is 2. The number of hydrogen-bond acceptors (Lipinski definition) is 3. The van der Waals surface area contributed by atoms with Gasteiger partial charge in [-0.25, -0.2) is 0 Å². The van der Waals surface area contributed by atoms with Gasteiger partial charge < -0.3 is 13.6 Å². The first-order valence-electron chi connectivity index (χ1n) is 10.1. The molecule has 0 N–H and O–H groups in total. The van der Waals surface area contributed by atoms with Crippen LogP contribution in [0.15, 0.2) is 0 Å². The Kier molecular flexibility index (Phi) is 14.7. The van der Waals surface area contributed by atoms with Crippen LogP contribution in [0.5, 0.6) is 0 Å². The summed E-state index contributed by atoms with van der Waals surface area (Å²) in [5.74, 6) is 1.23. The maximum Gasteiger partial charge on any atom is 0.333 e. The molecule has 0 amide bonds. The fraction of sp³-hybridized carbons (Fsp3) is 1.00. The van der Waals surface area contributed by atoms with Gasteiger partial charge in [-0.2, -0.15) is 0 Å². The Bertz CT molecular complexity index is 259. The monoisotopic (exact) mass is 362 g/mol. The molecule has 0 bridgehead atoms. The van der Waals surface area contributed by atoms with Gasteiger partial charge in [0.2, 0.25) is 0 Å². The lowest BCUT2D eigenvalue weighted by atomic mass is 10.0. The van der Waals surface area contributed by atoms with Gasteiger partial charge in [-0.1, -0.05) is 66.2 Å². The molecule has 0 aromatic carbocycles. The first-order chi connectivity index (χ1) is 11.4. The van der Waals surface area contributed by atoms with E-state index in [1.807, 2.05) is 0 Å². The van der Waals surface area contributed by atoms with Crippen molar-refractivity contribution in [1.82, 2.24) is 0 Å². The van der Waals surface area contributed by atoms with Crippen LogP contribution in [0.3, 0.4) is 0 Å². The molecule has 3 nitrogen and oxygen atoms in total. The van der Waals surface area contributed by atoms with Gasteiger partial charge >= 0.3 is 8.60 Å². The van der Waals surface area contributed by atoms with Gasteiger partial charge in [-0.3, -0.25) is 0 Å².